The van der Waals surface area contributed by atoms with Crippen molar-refractivity contribution in [1.29, 1.82) is 10.5 Å². The smallest absolute Gasteiger partial charge is 0.303 e. The molecule has 4 heterocycles. The van der Waals surface area contributed by atoms with E-state index in [4.69, 9.17) is 52.7 Å². The largest absolute Gasteiger partial charge is 0.463 e. The molecule has 5 rings (SSSR count). The molecule has 0 aliphatic carbocycles. The summed E-state index contributed by atoms with van der Waals surface area (Å²) in [6, 6.07) is 6.92. The Kier molecular flexibility index (Phi) is 14.0. The number of thiol groups is 1. The zero-order valence-electron chi connectivity index (χ0n) is 27.4. The average molecular weight is 811 g/mol. The average Bonchev–Trinajstić information content (AvgIpc) is 3.57. The summed E-state index contributed by atoms with van der Waals surface area (Å²) < 4.78 is 65.1. The number of ether oxygens (including phenoxy) is 4. The van der Waals surface area contributed by atoms with E-state index in [1.165, 1.54) is 24.7 Å². The van der Waals surface area contributed by atoms with Crippen LogP contribution in [0.1, 0.15) is 38.2 Å². The standard InChI is InChI=1S/C26H21ClF3N5O7S.C6H3ClN2S/c1-11(36)39-10-21-24(40-12(2)37)23(35-9-20(33-34-35)14-4-17(28)22(30)18(29)5-14)25(41-13(3)38)26(42-21)43-15-6-16(27)19(7-31)32-8-15;7-5-1-4(10)3-9-6(5)2-8/h4-6,8-9,21,23-26H,10H2,1-3H3;1,3,10H/t21-,23+,24+,25-,26-;/m1./s1. The third-order valence-electron chi connectivity index (χ3n) is 6.87. The van der Waals surface area contributed by atoms with Gasteiger partial charge in [0.1, 0.15) is 42.0 Å². The zero-order valence-corrected chi connectivity index (χ0v) is 30.6. The fraction of sp³-hybridized carbons (Fsp3) is 0.281. The van der Waals surface area contributed by atoms with E-state index in [0.29, 0.717) is 26.9 Å². The van der Waals surface area contributed by atoms with Crippen LogP contribution in [0.4, 0.5) is 13.2 Å². The Balaban J connectivity index is 0.000000541. The maximum Gasteiger partial charge on any atom is 0.303 e. The van der Waals surface area contributed by atoms with Crippen molar-refractivity contribution in [2.75, 3.05) is 6.61 Å². The van der Waals surface area contributed by atoms with E-state index in [0.717, 1.165) is 37.2 Å². The molecule has 14 nitrogen and oxygen atoms in total. The summed E-state index contributed by atoms with van der Waals surface area (Å²) in [6.07, 6.45) is 0.288. The van der Waals surface area contributed by atoms with Gasteiger partial charge < -0.3 is 18.9 Å². The summed E-state index contributed by atoms with van der Waals surface area (Å²) in [5.41, 5.74) is -1.17. The topological polar surface area (TPSA) is 192 Å². The quantitative estimate of drug-likeness (QED) is 0.0992. The Morgan fingerprint density at radius 3 is 2.06 bits per heavy atom. The fourth-order valence-corrected chi connectivity index (χ4v) is 6.61. The maximum absolute atomic E-state index is 14.0. The Labute approximate surface area is 318 Å². The number of nitrogens with zero attached hydrogens (tertiary/aromatic N) is 7. The number of esters is 3. The molecular formula is C32H24Cl2F3N7O7S2. The third-order valence-corrected chi connectivity index (χ3v) is 8.80. The molecule has 4 aromatic rings. The van der Waals surface area contributed by atoms with E-state index in [1.807, 2.05) is 12.1 Å². The van der Waals surface area contributed by atoms with Crippen LogP contribution < -0.4 is 0 Å². The van der Waals surface area contributed by atoms with Crippen LogP contribution in [-0.2, 0) is 33.3 Å². The molecule has 0 amide bonds. The summed E-state index contributed by atoms with van der Waals surface area (Å²) in [6.45, 7) is 2.99. The van der Waals surface area contributed by atoms with Crippen molar-refractivity contribution in [3.05, 3.63) is 81.7 Å². The molecule has 1 fully saturated rings. The number of halogens is 5. The molecule has 1 saturated heterocycles. The molecule has 53 heavy (non-hydrogen) atoms. The zero-order chi connectivity index (χ0) is 39.0. The van der Waals surface area contributed by atoms with Crippen molar-refractivity contribution in [3.8, 4) is 23.4 Å². The molecule has 0 unspecified atom stereocenters. The Bertz CT molecular complexity index is 2100. The van der Waals surface area contributed by atoms with Gasteiger partial charge >= 0.3 is 17.9 Å². The second kappa shape index (κ2) is 18.2. The predicted molar refractivity (Wildman–Crippen MR) is 182 cm³/mol. The lowest BCUT2D eigenvalue weighted by molar-refractivity contribution is -0.212. The Morgan fingerprint density at radius 1 is 0.925 bits per heavy atom. The van der Waals surface area contributed by atoms with Gasteiger partial charge in [0.25, 0.3) is 0 Å². The van der Waals surface area contributed by atoms with E-state index < -0.39 is 71.8 Å². The number of hydrogen-bond donors (Lipinski definition) is 1. The number of carbonyl (C=O) groups excluding carboxylic acids is 3. The molecule has 21 heteroatoms. The molecule has 276 valence electrons. The van der Waals surface area contributed by atoms with E-state index in [2.05, 4.69) is 32.9 Å². The van der Waals surface area contributed by atoms with E-state index in [1.54, 1.807) is 6.07 Å². The first-order valence-corrected chi connectivity index (χ1v) is 16.9. The van der Waals surface area contributed by atoms with Crippen LogP contribution in [0.3, 0.4) is 0 Å². The van der Waals surface area contributed by atoms with Crippen LogP contribution in [0.25, 0.3) is 11.3 Å². The van der Waals surface area contributed by atoms with Gasteiger partial charge in [-0.2, -0.15) is 10.5 Å². The van der Waals surface area contributed by atoms with Crippen LogP contribution in [0.2, 0.25) is 10.0 Å². The first kappa shape index (κ1) is 40.8. The van der Waals surface area contributed by atoms with Crippen LogP contribution in [0.5, 0.6) is 0 Å². The number of rotatable bonds is 8. The molecule has 1 aliphatic heterocycles. The lowest BCUT2D eigenvalue weighted by Gasteiger charge is -2.44. The molecule has 0 spiro atoms. The Hall–Kier alpha value is -4.92. The minimum absolute atomic E-state index is 0.0311. The molecule has 0 N–H and O–H groups in total. The minimum Gasteiger partial charge on any atom is -0.463 e. The number of pyridine rings is 2. The highest BCUT2D eigenvalue weighted by Gasteiger charge is 2.52. The molecular weight excluding hydrogens is 786 g/mol. The van der Waals surface area contributed by atoms with Gasteiger partial charge in [-0.05, 0) is 24.3 Å². The lowest BCUT2D eigenvalue weighted by Crippen LogP contribution is -2.57. The van der Waals surface area contributed by atoms with E-state index in [9.17, 15) is 27.6 Å². The number of benzene rings is 1. The van der Waals surface area contributed by atoms with Gasteiger partial charge in [-0.3, -0.25) is 14.4 Å². The van der Waals surface area contributed by atoms with Crippen molar-refractivity contribution in [3.63, 3.8) is 0 Å². The summed E-state index contributed by atoms with van der Waals surface area (Å²) in [4.78, 5) is 44.9. The second-order valence-electron chi connectivity index (χ2n) is 10.7. The van der Waals surface area contributed by atoms with Gasteiger partial charge in [0.15, 0.2) is 41.0 Å². The Morgan fingerprint density at radius 2 is 1.51 bits per heavy atom. The van der Waals surface area contributed by atoms with Gasteiger partial charge in [0.05, 0.1) is 16.2 Å². The highest BCUT2D eigenvalue weighted by Crippen LogP contribution is 2.42. The molecule has 3 aromatic heterocycles. The molecule has 1 aromatic carbocycles. The van der Waals surface area contributed by atoms with Crippen LogP contribution in [0, 0.1) is 40.1 Å². The van der Waals surface area contributed by atoms with Gasteiger partial charge in [-0.15, -0.1) is 17.7 Å². The van der Waals surface area contributed by atoms with E-state index in [-0.39, 0.29) is 27.7 Å². The van der Waals surface area contributed by atoms with E-state index >= 15 is 0 Å². The summed E-state index contributed by atoms with van der Waals surface area (Å²) in [7, 11) is 0. The number of hydrogen-bond acceptors (Lipinski definition) is 15. The SMILES string of the molecule is CC(=O)OC[C@H]1O[C@H](Sc2cnc(C#N)c(Cl)c2)[C@H](OC(C)=O)[C@@H](n2cc(-c3cc(F)c(F)c(F)c3)nn2)[C@H]1OC(C)=O.N#Cc1ncc(S)cc1Cl. The maximum atomic E-state index is 14.0. The molecule has 5 atom stereocenters. The molecule has 0 saturated carbocycles. The van der Waals surface area contributed by atoms with Gasteiger partial charge in [0, 0.05) is 48.5 Å². The van der Waals surface area contributed by atoms with Crippen LogP contribution in [-0.4, -0.2) is 73.2 Å². The molecule has 1 aliphatic rings. The van der Waals surface area contributed by atoms with Crippen LogP contribution >= 0.6 is 47.6 Å². The first-order valence-electron chi connectivity index (χ1n) is 14.8. The lowest BCUT2D eigenvalue weighted by atomic mass is 9.96. The first-order chi connectivity index (χ1) is 25.1. The number of aromatic nitrogens is 5. The predicted octanol–water partition coefficient (Wildman–Crippen LogP) is 5.66. The van der Waals surface area contributed by atoms with Crippen LogP contribution in [0.15, 0.2) is 52.6 Å². The number of nitriles is 2. The molecule has 0 radical (unpaired) electrons. The van der Waals surface area contributed by atoms with Gasteiger partial charge in [-0.25, -0.2) is 27.8 Å². The molecule has 0 bridgehead atoms. The summed E-state index contributed by atoms with van der Waals surface area (Å²) in [5.74, 6) is -6.79. The highest BCUT2D eigenvalue weighted by atomic mass is 35.5. The van der Waals surface area contributed by atoms with Crippen molar-refractivity contribution in [1.82, 2.24) is 25.0 Å². The summed E-state index contributed by atoms with van der Waals surface area (Å²) in [5, 5.41) is 25.9. The highest BCUT2D eigenvalue weighted by molar-refractivity contribution is 7.99. The third kappa shape index (κ3) is 10.6. The summed E-state index contributed by atoms with van der Waals surface area (Å²) >= 11 is 16.7. The van der Waals surface area contributed by atoms with Crippen molar-refractivity contribution in [2.45, 2.75) is 60.4 Å². The number of carbonyl (C=O) groups is 3. The normalized spacial score (nSPS) is 19.1. The second-order valence-corrected chi connectivity index (χ2v) is 13.2. The van der Waals surface area contributed by atoms with Crippen molar-refractivity contribution >= 4 is 65.5 Å². The van der Waals surface area contributed by atoms with Gasteiger partial charge in [-0.1, -0.05) is 40.2 Å². The van der Waals surface area contributed by atoms with Crippen molar-refractivity contribution < 1.29 is 46.5 Å². The number of thioether (sulfide) groups is 1. The monoisotopic (exact) mass is 809 g/mol. The minimum atomic E-state index is -1.67. The van der Waals surface area contributed by atoms with Crippen molar-refractivity contribution in [2.24, 2.45) is 0 Å². The van der Waals surface area contributed by atoms with Gasteiger partial charge in [0.2, 0.25) is 0 Å². The fourth-order valence-electron chi connectivity index (χ4n) is 4.75.